The summed E-state index contributed by atoms with van der Waals surface area (Å²) in [5.41, 5.74) is 0.737. The molecule has 424 valence electrons. The number of hydrogen-bond donors (Lipinski definition) is 7. The molecule has 0 spiro atoms. The highest BCUT2D eigenvalue weighted by Crippen LogP contribution is 2.46. The Kier molecular flexibility index (Phi) is 17.5. The molecule has 2 aromatic heterocycles. The SMILES string of the molecule is CC[C@@]1(O)C(=O)OCc2c1cc1n(c2=O)Cc2c-1nc1cc(F)c(C)c3c1c2[C@@H](NC(=O)OCc1ccc(NC(=O)[C@@H]2CCCN2C(=O)[C@@H](C)NC(=O)CCO)cc1C(=O)NCCNC(=O)CCC(C)(C)OCC(C)OC)CC3. The number of aromatic nitrogens is 2. The van der Waals surface area contributed by atoms with Gasteiger partial charge >= 0.3 is 12.1 Å². The predicted octanol–water partition coefficient (Wildman–Crippen LogP) is 3.71. The molecule has 79 heavy (non-hydrogen) atoms. The van der Waals surface area contributed by atoms with E-state index in [1.165, 1.54) is 40.7 Å². The average molecular weight is 1100 g/mol. The molecule has 1 fully saturated rings. The summed E-state index contributed by atoms with van der Waals surface area (Å²) in [6.07, 6.45) is 0.847. The monoisotopic (exact) mass is 1100 g/mol. The number of benzene rings is 2. The van der Waals surface area contributed by atoms with Crippen molar-refractivity contribution in [3.63, 3.8) is 0 Å². The van der Waals surface area contributed by atoms with Gasteiger partial charge in [-0.3, -0.25) is 28.8 Å². The maximum absolute atomic E-state index is 15.6. The lowest BCUT2D eigenvalue weighted by atomic mass is 9.81. The number of cyclic esters (lactones) is 1. The number of nitrogens with zero attached hydrogens (tertiary/aromatic N) is 3. The van der Waals surface area contributed by atoms with Gasteiger partial charge in [0.1, 0.15) is 31.1 Å². The van der Waals surface area contributed by atoms with Gasteiger partial charge in [0.15, 0.2) is 5.60 Å². The molecule has 5 heterocycles. The molecule has 0 radical (unpaired) electrons. The number of carbonyl (C=O) groups is 7. The molecule has 2 aromatic carbocycles. The van der Waals surface area contributed by atoms with E-state index in [-0.39, 0.29) is 97.5 Å². The van der Waals surface area contributed by atoms with Crippen LogP contribution in [-0.2, 0) is 74.7 Å². The number of nitrogens with one attached hydrogen (secondary N) is 5. The fraction of sp³-hybridized carbons (Fsp3) is 0.518. The molecule has 23 heteroatoms. The number of rotatable bonds is 21. The number of likely N-dealkylation sites (tertiary alicyclic amines) is 1. The number of anilines is 1. The van der Waals surface area contributed by atoms with Crippen LogP contribution in [0.1, 0.15) is 135 Å². The second kappa shape index (κ2) is 23.9. The smallest absolute Gasteiger partial charge is 0.407 e. The van der Waals surface area contributed by atoms with Gasteiger partial charge in [-0.05, 0) is 108 Å². The second-order valence-electron chi connectivity index (χ2n) is 21.2. The zero-order valence-electron chi connectivity index (χ0n) is 45.5. The molecule has 7 N–H and O–H groups in total. The van der Waals surface area contributed by atoms with Crippen LogP contribution in [-0.4, -0.2) is 130 Å². The lowest BCUT2D eigenvalue weighted by molar-refractivity contribution is -0.172. The molecule has 3 aliphatic heterocycles. The molecule has 4 aromatic rings. The first-order valence-electron chi connectivity index (χ1n) is 26.7. The Balaban J connectivity index is 1.01. The van der Waals surface area contributed by atoms with Crippen molar-refractivity contribution in [2.45, 2.75) is 148 Å². The fourth-order valence-corrected chi connectivity index (χ4v) is 10.7. The minimum atomic E-state index is -2.08. The number of esters is 1. The van der Waals surface area contributed by atoms with Gasteiger partial charge in [-0.25, -0.2) is 19.0 Å². The Labute approximate surface area is 455 Å². The summed E-state index contributed by atoms with van der Waals surface area (Å²) in [4.78, 5) is 114. The molecule has 8 rings (SSSR count). The zero-order valence-corrected chi connectivity index (χ0v) is 45.5. The predicted molar refractivity (Wildman–Crippen MR) is 284 cm³/mol. The van der Waals surface area contributed by atoms with Crippen LogP contribution >= 0.6 is 0 Å². The Morgan fingerprint density at radius 2 is 1.76 bits per heavy atom. The minimum absolute atomic E-state index is 0.000604. The number of amides is 6. The quantitative estimate of drug-likeness (QED) is 0.0407. The van der Waals surface area contributed by atoms with Gasteiger partial charge in [0.2, 0.25) is 23.6 Å². The van der Waals surface area contributed by atoms with Crippen molar-refractivity contribution in [2.75, 3.05) is 45.3 Å². The van der Waals surface area contributed by atoms with Crippen LogP contribution in [0.2, 0.25) is 0 Å². The standard InChI is InChI=1S/C56H69FN8O14/c1-8-56(75)38-23-43-48-36(25-65(43)52(72)37(38)28-77-53(56)73)47-40(14-13-34-30(3)39(57)24-41(62-48)46(34)47)63-54(74)78-27-32-11-12-33(61-50(70)42-10-9-20-64(42)51(71)31(4)60-45(68)16-21-66)22-35(32)49(69)59-19-18-58-44(67)15-17-55(5,6)79-26-29(2)76-7/h11-12,22-24,29,31,40,42,66,75H,8-10,13-21,25-28H2,1-7H3,(H,58,67)(H,59,69)(H,60,68)(H,61,70)(H,63,74)/t29?,31-,40+,42+,56+/m1/s1. The first kappa shape index (κ1) is 57.8. The van der Waals surface area contributed by atoms with Crippen LogP contribution in [0.5, 0.6) is 0 Å². The van der Waals surface area contributed by atoms with Gasteiger partial charge in [-0.1, -0.05) is 13.0 Å². The summed E-state index contributed by atoms with van der Waals surface area (Å²) in [7, 11) is 1.59. The van der Waals surface area contributed by atoms with E-state index in [1.54, 1.807) is 27.0 Å². The van der Waals surface area contributed by atoms with E-state index < -0.39 is 89.6 Å². The van der Waals surface area contributed by atoms with Crippen LogP contribution < -0.4 is 32.1 Å². The highest BCUT2D eigenvalue weighted by atomic mass is 19.1. The van der Waals surface area contributed by atoms with Crippen molar-refractivity contribution in [1.29, 1.82) is 0 Å². The molecule has 1 aliphatic carbocycles. The van der Waals surface area contributed by atoms with E-state index in [0.29, 0.717) is 77.7 Å². The number of pyridine rings is 2. The van der Waals surface area contributed by atoms with Crippen molar-refractivity contribution in [1.82, 2.24) is 35.7 Å². The number of aliphatic hydroxyl groups is 2. The van der Waals surface area contributed by atoms with E-state index in [1.807, 2.05) is 20.8 Å². The van der Waals surface area contributed by atoms with Crippen LogP contribution in [0.15, 0.2) is 35.1 Å². The third kappa shape index (κ3) is 12.1. The van der Waals surface area contributed by atoms with Gasteiger partial charge in [0, 0.05) is 79.0 Å². The maximum atomic E-state index is 15.6. The summed E-state index contributed by atoms with van der Waals surface area (Å²) >= 11 is 0. The first-order chi connectivity index (χ1) is 37.6. The molecule has 0 bridgehead atoms. The number of aryl methyl sites for hydroxylation is 1. The Morgan fingerprint density at radius 3 is 2.49 bits per heavy atom. The minimum Gasteiger partial charge on any atom is -0.458 e. The van der Waals surface area contributed by atoms with Crippen molar-refractivity contribution in [2.24, 2.45) is 0 Å². The van der Waals surface area contributed by atoms with Crippen LogP contribution in [0, 0.1) is 12.7 Å². The fourth-order valence-electron chi connectivity index (χ4n) is 10.7. The molecule has 0 saturated carbocycles. The van der Waals surface area contributed by atoms with Crippen molar-refractivity contribution >= 4 is 58.2 Å². The van der Waals surface area contributed by atoms with Gasteiger partial charge < -0.3 is 65.2 Å². The number of hydrogen-bond acceptors (Lipinski definition) is 15. The van der Waals surface area contributed by atoms with Crippen molar-refractivity contribution < 1.29 is 67.1 Å². The van der Waals surface area contributed by atoms with Gasteiger partial charge in [0.25, 0.3) is 11.5 Å². The Bertz CT molecular complexity index is 3160. The molecule has 6 amide bonds. The number of carbonyl (C=O) groups excluding carboxylic acids is 7. The largest absolute Gasteiger partial charge is 0.458 e. The number of methoxy groups -OCH3 is 1. The first-order valence-corrected chi connectivity index (χ1v) is 26.7. The third-order valence-electron chi connectivity index (χ3n) is 15.4. The van der Waals surface area contributed by atoms with E-state index in [2.05, 4.69) is 26.6 Å². The molecule has 4 aliphatic rings. The number of halogens is 1. The van der Waals surface area contributed by atoms with Crippen molar-refractivity contribution in [3.8, 4) is 11.4 Å². The zero-order chi connectivity index (χ0) is 57.1. The van der Waals surface area contributed by atoms with Gasteiger partial charge in [0.05, 0.1) is 60.0 Å². The topological polar surface area (TPSA) is 295 Å². The molecular weight excluding hydrogens is 1030 g/mol. The normalized spacial score (nSPS) is 18.9. The summed E-state index contributed by atoms with van der Waals surface area (Å²) in [5, 5.41) is 35.1. The highest BCUT2D eigenvalue weighted by Gasteiger charge is 2.46. The summed E-state index contributed by atoms with van der Waals surface area (Å²) in [6.45, 7) is 9.95. The highest BCUT2D eigenvalue weighted by molar-refractivity contribution is 6.01. The summed E-state index contributed by atoms with van der Waals surface area (Å²) < 4.78 is 39.3. The molecular formula is C56H69FN8O14. The number of ether oxygens (including phenoxy) is 4. The average Bonchev–Trinajstić information content (AvgIpc) is 4.32. The number of aliphatic hydroxyl groups excluding tert-OH is 1. The van der Waals surface area contributed by atoms with Crippen LogP contribution in [0.4, 0.5) is 14.9 Å². The van der Waals surface area contributed by atoms with E-state index in [0.717, 1.165) is 0 Å². The maximum Gasteiger partial charge on any atom is 0.407 e. The Morgan fingerprint density at radius 1 is 1.00 bits per heavy atom. The van der Waals surface area contributed by atoms with Crippen molar-refractivity contribution in [3.05, 3.63) is 91.0 Å². The number of fused-ring (bicyclic) bond motifs is 5. The van der Waals surface area contributed by atoms with Gasteiger partial charge in [-0.2, -0.15) is 0 Å². The van der Waals surface area contributed by atoms with E-state index >= 15 is 4.39 Å². The second-order valence-corrected chi connectivity index (χ2v) is 21.2. The summed E-state index contributed by atoms with van der Waals surface area (Å²) in [5.74, 6) is -3.78. The van der Waals surface area contributed by atoms with E-state index in [9.17, 15) is 43.5 Å². The molecule has 1 unspecified atom stereocenters. The van der Waals surface area contributed by atoms with Crippen LogP contribution in [0.25, 0.3) is 22.3 Å². The lowest BCUT2D eigenvalue weighted by Gasteiger charge is -2.31. The lowest BCUT2D eigenvalue weighted by Crippen LogP contribution is -2.51. The third-order valence-corrected chi connectivity index (χ3v) is 15.4. The van der Waals surface area contributed by atoms with Gasteiger partial charge in [-0.15, -0.1) is 0 Å². The summed E-state index contributed by atoms with van der Waals surface area (Å²) in [6, 6.07) is 4.70. The van der Waals surface area contributed by atoms with Crippen LogP contribution in [0.3, 0.4) is 0 Å². The number of alkyl carbamates (subject to hydrolysis) is 1. The Hall–Kier alpha value is -7.34. The molecule has 5 atom stereocenters. The molecule has 22 nitrogen and oxygen atoms in total. The van der Waals surface area contributed by atoms with E-state index in [4.69, 9.17) is 29.0 Å². The molecule has 1 saturated heterocycles.